The monoisotopic (exact) mass is 1160 g/mol. The minimum absolute atomic E-state index is 0. The van der Waals surface area contributed by atoms with E-state index in [1.165, 1.54) is 33.4 Å². The van der Waals surface area contributed by atoms with Crippen molar-refractivity contribution < 1.29 is 25.8 Å². The molecule has 0 fully saturated rings. The number of anilines is 4. The standard InChI is InChI=1S/C68H63N4O.CH3.Pt/c1-65(2,3)50-30-33-61-63(41-50)71(45-70(61)55-39-52(67(7,8)48-24-16-12-17-25-48)38-53(40-55)68(9,10)49-26-18-13-19-27-49)54-36-47(46-22-14-11-15-23-46)37-57(43-54)73-56-31-32-59-58-28-20-21-29-60(58)72(62(59)44-56)64-42-51(34-35-69-64)66(4,5)6;;/h11-42,45H,1-10H3;1H3;/q-3;-1;+4. The molecule has 0 radical (unpaired) electrons. The van der Waals surface area contributed by atoms with E-state index in [4.69, 9.17) is 9.72 Å². The van der Waals surface area contributed by atoms with Crippen molar-refractivity contribution in [3.05, 3.63) is 254 Å². The van der Waals surface area contributed by atoms with Gasteiger partial charge in [0.1, 0.15) is 5.82 Å². The van der Waals surface area contributed by atoms with Gasteiger partial charge in [-0.3, -0.25) is 0 Å². The summed E-state index contributed by atoms with van der Waals surface area (Å²) in [5.41, 5.74) is 14.9. The van der Waals surface area contributed by atoms with Crippen molar-refractivity contribution in [3.63, 3.8) is 0 Å². The Bertz CT molecular complexity index is 3590. The van der Waals surface area contributed by atoms with Gasteiger partial charge in [-0.05, 0) is 97.6 Å². The number of para-hydroxylation sites is 1. The second-order valence-electron chi connectivity index (χ2n) is 22.7. The van der Waals surface area contributed by atoms with Crippen molar-refractivity contribution in [1.82, 2.24) is 9.55 Å². The fraction of sp³-hybridized carbons (Fsp3) is 0.203. The maximum Gasteiger partial charge on any atom is 4.00 e. The van der Waals surface area contributed by atoms with Crippen molar-refractivity contribution >= 4 is 44.6 Å². The van der Waals surface area contributed by atoms with Gasteiger partial charge in [-0.2, -0.15) is 6.07 Å². The Labute approximate surface area is 460 Å². The third kappa shape index (κ3) is 9.96. The van der Waals surface area contributed by atoms with Crippen LogP contribution >= 0.6 is 0 Å². The molecule has 3 heterocycles. The molecule has 0 saturated carbocycles. The normalized spacial score (nSPS) is 12.9. The van der Waals surface area contributed by atoms with E-state index >= 15 is 0 Å². The average molecular weight is 1160 g/mol. The van der Waals surface area contributed by atoms with Crippen molar-refractivity contribution in [2.24, 2.45) is 0 Å². The van der Waals surface area contributed by atoms with E-state index < -0.39 is 0 Å². The molecule has 8 aromatic carbocycles. The second-order valence-corrected chi connectivity index (χ2v) is 22.7. The smallest absolute Gasteiger partial charge is 0.509 e. The Morgan fingerprint density at radius 3 is 1.67 bits per heavy atom. The van der Waals surface area contributed by atoms with E-state index in [0.29, 0.717) is 11.5 Å². The Balaban J connectivity index is 0.00000344. The largest absolute Gasteiger partial charge is 4.00 e. The van der Waals surface area contributed by atoms with Crippen LogP contribution < -0.4 is 14.5 Å². The number of ether oxygens (including phenoxy) is 1. The predicted octanol–water partition coefficient (Wildman–Crippen LogP) is 18.3. The maximum atomic E-state index is 6.98. The Morgan fingerprint density at radius 1 is 0.453 bits per heavy atom. The van der Waals surface area contributed by atoms with E-state index in [0.717, 1.165) is 61.5 Å². The molecule has 378 valence electrons. The summed E-state index contributed by atoms with van der Waals surface area (Å²) in [6.45, 7) is 25.1. The van der Waals surface area contributed by atoms with Crippen LogP contribution in [0, 0.1) is 26.2 Å². The van der Waals surface area contributed by atoms with E-state index in [9.17, 15) is 0 Å². The zero-order chi connectivity index (χ0) is 50.9. The number of hydrogen-bond acceptors (Lipinski definition) is 4. The number of benzene rings is 8. The van der Waals surface area contributed by atoms with Gasteiger partial charge in [0.05, 0.1) is 0 Å². The fourth-order valence-corrected chi connectivity index (χ4v) is 10.3. The number of aromatic nitrogens is 2. The molecule has 0 aliphatic carbocycles. The summed E-state index contributed by atoms with van der Waals surface area (Å²) < 4.78 is 9.19. The van der Waals surface area contributed by atoms with E-state index in [2.05, 4.69) is 284 Å². The molecule has 0 amide bonds. The number of pyridine rings is 1. The molecular weight excluding hydrogens is 1100 g/mol. The summed E-state index contributed by atoms with van der Waals surface area (Å²) in [4.78, 5) is 9.58. The van der Waals surface area contributed by atoms with Gasteiger partial charge in [0.25, 0.3) is 0 Å². The van der Waals surface area contributed by atoms with Gasteiger partial charge in [-0.15, -0.1) is 53.6 Å². The molecule has 6 heteroatoms. The van der Waals surface area contributed by atoms with Crippen LogP contribution in [0.25, 0.3) is 38.8 Å². The molecule has 0 N–H and O–H groups in total. The molecule has 0 unspecified atom stereocenters. The first-order chi connectivity index (χ1) is 34.9. The molecule has 1 aliphatic rings. The second kappa shape index (κ2) is 20.2. The summed E-state index contributed by atoms with van der Waals surface area (Å²) in [5, 5.41) is 2.22. The third-order valence-corrected chi connectivity index (χ3v) is 15.0. The topological polar surface area (TPSA) is 33.5 Å². The molecular formula is C69H66N4OPt. The maximum absolute atomic E-state index is 6.98. The SMILES string of the molecule is CC(C)(C)c1ccnc(-n2c3[c-]c(Oc4[c-]c(N5[CH-]N(c6cc(C(C)(C)c7ccccc7)cc(C(C)(C)c7ccccc7)c6)c6ccc(C(C)(C)C)cc65)cc(-c5ccccc5)c4)ccc3c3ccccc32)c1.[CH3-].[Pt+4]. The van der Waals surface area contributed by atoms with Gasteiger partial charge in [0, 0.05) is 51.1 Å². The van der Waals surface area contributed by atoms with Crippen molar-refractivity contribution in [2.45, 2.75) is 90.9 Å². The third-order valence-electron chi connectivity index (χ3n) is 15.0. The van der Waals surface area contributed by atoms with Crippen LogP contribution in [0.1, 0.15) is 103 Å². The Morgan fingerprint density at radius 2 is 1.04 bits per heavy atom. The van der Waals surface area contributed by atoms with Gasteiger partial charge in [0.15, 0.2) is 0 Å². The number of nitrogens with zero attached hydrogens (tertiary/aromatic N) is 4. The molecule has 11 rings (SSSR count). The van der Waals surface area contributed by atoms with Gasteiger partial charge in [0.2, 0.25) is 0 Å². The first-order valence-electron chi connectivity index (χ1n) is 25.5. The van der Waals surface area contributed by atoms with Crippen LogP contribution in [0.2, 0.25) is 0 Å². The minimum Gasteiger partial charge on any atom is -0.509 e. The van der Waals surface area contributed by atoms with Gasteiger partial charge >= 0.3 is 21.1 Å². The van der Waals surface area contributed by atoms with Crippen LogP contribution in [0.15, 0.2) is 194 Å². The predicted molar refractivity (Wildman–Crippen MR) is 311 cm³/mol. The molecule has 0 atom stereocenters. The van der Waals surface area contributed by atoms with Crippen LogP contribution in [0.5, 0.6) is 11.5 Å². The molecule has 1 aliphatic heterocycles. The zero-order valence-electron chi connectivity index (χ0n) is 45.1. The van der Waals surface area contributed by atoms with E-state index in [-0.39, 0.29) is 50.2 Å². The number of fused-ring (bicyclic) bond motifs is 4. The first kappa shape index (κ1) is 52.7. The average Bonchev–Trinajstić information content (AvgIpc) is 3.97. The van der Waals surface area contributed by atoms with Crippen LogP contribution in [-0.4, -0.2) is 9.55 Å². The Hall–Kier alpha value is -7.20. The van der Waals surface area contributed by atoms with Crippen LogP contribution in [0.4, 0.5) is 22.7 Å². The summed E-state index contributed by atoms with van der Waals surface area (Å²) in [5.74, 6) is 2.02. The van der Waals surface area contributed by atoms with Crippen molar-refractivity contribution in [3.8, 4) is 28.4 Å². The van der Waals surface area contributed by atoms with Gasteiger partial charge in [-0.25, -0.2) is 4.98 Å². The van der Waals surface area contributed by atoms with E-state index in [1.807, 2.05) is 12.3 Å². The first-order valence-corrected chi connectivity index (χ1v) is 25.5. The fourth-order valence-electron chi connectivity index (χ4n) is 10.3. The molecule has 0 saturated heterocycles. The number of hydrogen-bond donors (Lipinski definition) is 0. The molecule has 10 aromatic rings. The quantitative estimate of drug-likeness (QED) is 0.128. The zero-order valence-corrected chi connectivity index (χ0v) is 47.3. The molecule has 2 aromatic heterocycles. The van der Waals surface area contributed by atoms with Crippen LogP contribution in [0.3, 0.4) is 0 Å². The van der Waals surface area contributed by atoms with Crippen molar-refractivity contribution in [2.75, 3.05) is 9.80 Å². The molecule has 0 bridgehead atoms. The van der Waals surface area contributed by atoms with Crippen LogP contribution in [-0.2, 0) is 42.7 Å². The number of rotatable bonds is 10. The van der Waals surface area contributed by atoms with Crippen molar-refractivity contribution in [1.29, 1.82) is 0 Å². The Kier molecular flexibility index (Phi) is 14.1. The summed E-state index contributed by atoms with van der Waals surface area (Å²) in [6, 6.07) is 75.2. The molecule has 5 nitrogen and oxygen atoms in total. The molecule has 75 heavy (non-hydrogen) atoms. The summed E-state index contributed by atoms with van der Waals surface area (Å²) >= 11 is 0. The molecule has 0 spiro atoms. The van der Waals surface area contributed by atoms with E-state index in [1.54, 1.807) is 0 Å². The summed E-state index contributed by atoms with van der Waals surface area (Å²) in [6.07, 6.45) is 1.91. The minimum atomic E-state index is -0.289. The van der Waals surface area contributed by atoms with Gasteiger partial charge < -0.3 is 26.5 Å². The summed E-state index contributed by atoms with van der Waals surface area (Å²) in [7, 11) is 0. The van der Waals surface area contributed by atoms with Gasteiger partial charge in [-0.1, -0.05) is 196 Å².